The molecule has 5 rings (SSSR count). The number of nitrogens with zero attached hydrogens (tertiary/aromatic N) is 6. The minimum Gasteiger partial charge on any atom is -0.343 e. The van der Waals surface area contributed by atoms with Crippen LogP contribution in [0, 0.1) is 13.8 Å². The van der Waals surface area contributed by atoms with E-state index < -0.39 is 30.4 Å². The van der Waals surface area contributed by atoms with Gasteiger partial charge in [0.1, 0.15) is 12.6 Å². The molecule has 0 fully saturated rings. The molecule has 0 saturated heterocycles. The van der Waals surface area contributed by atoms with E-state index in [1.807, 2.05) is 18.3 Å². The zero-order chi connectivity index (χ0) is 26.5. The van der Waals surface area contributed by atoms with Gasteiger partial charge in [0.15, 0.2) is 5.65 Å². The molecule has 0 aliphatic carbocycles. The highest BCUT2D eigenvalue weighted by atomic mass is 19.4. The molecule has 4 aromatic heterocycles. The van der Waals surface area contributed by atoms with Gasteiger partial charge in [0.05, 0.1) is 39.9 Å². The first-order chi connectivity index (χ1) is 17.6. The molecule has 4 heterocycles. The lowest BCUT2D eigenvalue weighted by Gasteiger charge is -2.17. The van der Waals surface area contributed by atoms with Crippen LogP contribution in [0.2, 0.25) is 0 Å². The summed E-state index contributed by atoms with van der Waals surface area (Å²) in [5.74, 6) is -0.918. The van der Waals surface area contributed by atoms with Crippen LogP contribution in [0.4, 0.5) is 13.2 Å². The van der Waals surface area contributed by atoms with Gasteiger partial charge in [-0.3, -0.25) is 18.9 Å². The summed E-state index contributed by atoms with van der Waals surface area (Å²) in [4.78, 5) is 35.1. The van der Waals surface area contributed by atoms with E-state index in [-0.39, 0.29) is 0 Å². The number of halogens is 3. The maximum atomic E-state index is 13.6. The fraction of sp³-hybridized carbons (Fsp3) is 0.240. The fourth-order valence-electron chi connectivity index (χ4n) is 4.31. The van der Waals surface area contributed by atoms with Gasteiger partial charge in [-0.1, -0.05) is 12.1 Å². The zero-order valence-corrected chi connectivity index (χ0v) is 20.1. The van der Waals surface area contributed by atoms with Gasteiger partial charge in [0.25, 0.3) is 0 Å². The summed E-state index contributed by atoms with van der Waals surface area (Å²) >= 11 is 0. The number of alkyl halides is 3. The molecule has 1 amide bonds. The molecule has 0 spiro atoms. The number of pyridine rings is 1. The van der Waals surface area contributed by atoms with Crippen molar-refractivity contribution < 1.29 is 18.0 Å². The lowest BCUT2D eigenvalue weighted by Crippen LogP contribution is -2.45. The molecule has 37 heavy (non-hydrogen) atoms. The second kappa shape index (κ2) is 8.87. The van der Waals surface area contributed by atoms with Crippen molar-refractivity contribution in [1.29, 1.82) is 0 Å². The van der Waals surface area contributed by atoms with Gasteiger partial charge in [-0.15, -0.1) is 0 Å². The van der Waals surface area contributed by atoms with Crippen molar-refractivity contribution in [3.05, 3.63) is 76.7 Å². The van der Waals surface area contributed by atoms with Crippen molar-refractivity contribution in [2.24, 2.45) is 0 Å². The van der Waals surface area contributed by atoms with Crippen molar-refractivity contribution in [3.8, 4) is 16.9 Å². The van der Waals surface area contributed by atoms with E-state index in [0.717, 1.165) is 18.1 Å². The van der Waals surface area contributed by atoms with E-state index >= 15 is 0 Å². The van der Waals surface area contributed by atoms with Gasteiger partial charge in [0, 0.05) is 12.4 Å². The SMILES string of the molecule is Cc1nc(-c2cnn3cccnc23)ccc1-n1c(=O)n(CC(=O)N[C@H](C)C(F)(F)F)c2cccc(C)c21. The third-order valence-corrected chi connectivity index (χ3v) is 6.18. The standard InChI is InChI=1S/C25H22F3N7O2/c1-14-6-4-7-20-22(14)35(24(37)33(20)13-21(36)32-16(3)25(26,27)28)19-9-8-18(31-15(19)2)17-12-30-34-11-5-10-29-23(17)34/h4-12,16H,13H2,1-3H3,(H,32,36)/t16-/m1/s1. The highest BCUT2D eigenvalue weighted by molar-refractivity contribution is 5.84. The van der Waals surface area contributed by atoms with Crippen LogP contribution >= 0.6 is 0 Å². The monoisotopic (exact) mass is 509 g/mol. The molecule has 0 unspecified atom stereocenters. The molecule has 12 heteroatoms. The number of aryl methyl sites for hydroxylation is 2. The van der Waals surface area contributed by atoms with Crippen LogP contribution in [0.3, 0.4) is 0 Å². The third kappa shape index (κ3) is 4.24. The summed E-state index contributed by atoms with van der Waals surface area (Å²) in [6, 6.07) is 8.41. The zero-order valence-electron chi connectivity index (χ0n) is 20.1. The number of carbonyl (C=O) groups excluding carboxylic acids is 1. The topological polar surface area (TPSA) is 99.1 Å². The van der Waals surface area contributed by atoms with Crippen molar-refractivity contribution in [2.45, 2.75) is 39.5 Å². The number of rotatable bonds is 5. The fourth-order valence-corrected chi connectivity index (χ4v) is 4.31. The summed E-state index contributed by atoms with van der Waals surface area (Å²) in [7, 11) is 0. The number of hydrogen-bond donors (Lipinski definition) is 1. The Morgan fingerprint density at radius 2 is 1.92 bits per heavy atom. The van der Waals surface area contributed by atoms with Crippen LogP contribution in [0.1, 0.15) is 18.2 Å². The number of nitrogens with one attached hydrogen (secondary N) is 1. The third-order valence-electron chi connectivity index (χ3n) is 6.18. The predicted molar refractivity (Wildman–Crippen MR) is 130 cm³/mol. The van der Waals surface area contributed by atoms with Gasteiger partial charge >= 0.3 is 11.9 Å². The second-order valence-corrected chi connectivity index (χ2v) is 8.72. The summed E-state index contributed by atoms with van der Waals surface area (Å²) in [5, 5.41) is 6.20. The predicted octanol–water partition coefficient (Wildman–Crippen LogP) is 3.58. The molecule has 0 aliphatic heterocycles. The van der Waals surface area contributed by atoms with Crippen molar-refractivity contribution >= 4 is 22.6 Å². The second-order valence-electron chi connectivity index (χ2n) is 8.72. The van der Waals surface area contributed by atoms with Gasteiger partial charge in [-0.2, -0.15) is 18.3 Å². The molecule has 190 valence electrons. The Balaban J connectivity index is 1.59. The number of aromatic nitrogens is 6. The summed E-state index contributed by atoms with van der Waals surface area (Å²) in [6.45, 7) is 3.86. The number of imidazole rings is 1. The minimum atomic E-state index is -4.59. The van der Waals surface area contributed by atoms with E-state index in [2.05, 4.69) is 15.1 Å². The number of amides is 1. The molecule has 0 aliphatic rings. The van der Waals surface area contributed by atoms with Crippen molar-refractivity contribution in [2.75, 3.05) is 0 Å². The van der Waals surface area contributed by atoms with Crippen LogP contribution < -0.4 is 11.0 Å². The first-order valence-electron chi connectivity index (χ1n) is 11.4. The molecular weight excluding hydrogens is 487 g/mol. The summed E-state index contributed by atoms with van der Waals surface area (Å²) in [6.07, 6.45) is 0.499. The summed E-state index contributed by atoms with van der Waals surface area (Å²) < 4.78 is 43.0. The Morgan fingerprint density at radius 3 is 2.65 bits per heavy atom. The average molecular weight is 509 g/mol. The smallest absolute Gasteiger partial charge is 0.343 e. The van der Waals surface area contributed by atoms with E-state index in [0.29, 0.717) is 33.8 Å². The molecule has 5 aromatic rings. The molecule has 1 N–H and O–H groups in total. The molecule has 0 bridgehead atoms. The van der Waals surface area contributed by atoms with E-state index in [9.17, 15) is 22.8 Å². The number of benzene rings is 1. The Kier molecular flexibility index (Phi) is 5.81. The van der Waals surface area contributed by atoms with Crippen LogP contribution in [0.15, 0.2) is 59.8 Å². The Labute approximate surface area is 208 Å². The Hall–Kier alpha value is -4.48. The first kappa shape index (κ1) is 24.2. The normalized spacial score (nSPS) is 12.8. The average Bonchev–Trinajstić information content (AvgIpc) is 3.39. The maximum absolute atomic E-state index is 13.6. The quantitative estimate of drug-likeness (QED) is 0.391. The Bertz CT molecular complexity index is 1720. The maximum Gasteiger partial charge on any atom is 0.408 e. The molecule has 1 atom stereocenters. The molecular formula is C25H22F3N7O2. The highest BCUT2D eigenvalue weighted by Gasteiger charge is 2.37. The lowest BCUT2D eigenvalue weighted by atomic mass is 10.1. The molecule has 0 radical (unpaired) electrons. The molecule has 0 saturated carbocycles. The summed E-state index contributed by atoms with van der Waals surface area (Å²) in [5.41, 5.74) is 4.15. The van der Waals surface area contributed by atoms with E-state index in [1.54, 1.807) is 60.4 Å². The van der Waals surface area contributed by atoms with Gasteiger partial charge in [0.2, 0.25) is 5.91 Å². The first-order valence-corrected chi connectivity index (χ1v) is 11.4. The lowest BCUT2D eigenvalue weighted by molar-refractivity contribution is -0.158. The van der Waals surface area contributed by atoms with Crippen molar-refractivity contribution in [1.82, 2.24) is 34.0 Å². The Morgan fingerprint density at radius 1 is 1.14 bits per heavy atom. The van der Waals surface area contributed by atoms with Crippen LogP contribution in [0.5, 0.6) is 0 Å². The minimum absolute atomic E-state index is 0.426. The molecule has 1 aromatic carbocycles. The molecule has 9 nitrogen and oxygen atoms in total. The number of hydrogen-bond acceptors (Lipinski definition) is 5. The van der Waals surface area contributed by atoms with Gasteiger partial charge in [-0.05, 0) is 50.6 Å². The number of para-hydroxylation sites is 1. The van der Waals surface area contributed by atoms with Crippen molar-refractivity contribution in [3.63, 3.8) is 0 Å². The van der Waals surface area contributed by atoms with Gasteiger partial charge in [-0.25, -0.2) is 14.3 Å². The number of fused-ring (bicyclic) bond motifs is 2. The number of carbonyl (C=O) groups is 1. The van der Waals surface area contributed by atoms with Crippen LogP contribution in [0.25, 0.3) is 33.6 Å². The highest BCUT2D eigenvalue weighted by Crippen LogP contribution is 2.27. The van der Waals surface area contributed by atoms with E-state index in [1.165, 1.54) is 9.13 Å². The largest absolute Gasteiger partial charge is 0.408 e. The van der Waals surface area contributed by atoms with Gasteiger partial charge < -0.3 is 5.32 Å². The van der Waals surface area contributed by atoms with Crippen LogP contribution in [-0.4, -0.2) is 46.8 Å². The van der Waals surface area contributed by atoms with Crippen LogP contribution in [-0.2, 0) is 11.3 Å². The van der Waals surface area contributed by atoms with E-state index in [4.69, 9.17) is 0 Å².